The number of carbonyl (C=O) groups is 1. The maximum absolute atomic E-state index is 11.9. The number of phenols is 1. The molecule has 0 saturated carbocycles. The van der Waals surface area contributed by atoms with Crippen LogP contribution in [-0.2, 0) is 0 Å². The van der Waals surface area contributed by atoms with Gasteiger partial charge in [0.05, 0.1) is 5.56 Å². The molecule has 4 heteroatoms. The van der Waals surface area contributed by atoms with E-state index in [1.165, 1.54) is 6.07 Å². The van der Waals surface area contributed by atoms with E-state index in [-0.39, 0.29) is 11.7 Å². The van der Waals surface area contributed by atoms with Crippen molar-refractivity contribution in [3.63, 3.8) is 0 Å². The van der Waals surface area contributed by atoms with Crippen molar-refractivity contribution in [1.82, 2.24) is 4.90 Å². The number of nitrogens with zero attached hydrogens (tertiary/aromatic N) is 1. The Labute approximate surface area is 101 Å². The molecule has 1 rings (SSSR count). The molecule has 1 aromatic carbocycles. The highest BCUT2D eigenvalue weighted by Crippen LogP contribution is 2.22. The Morgan fingerprint density at radius 1 is 1.50 bits per heavy atom. The van der Waals surface area contributed by atoms with Crippen LogP contribution >= 0.6 is 11.6 Å². The Hall–Kier alpha value is -1.22. The fourth-order valence-corrected chi connectivity index (χ4v) is 1.55. The second-order valence-corrected chi connectivity index (χ2v) is 4.18. The molecule has 0 aliphatic heterocycles. The first-order chi connectivity index (χ1) is 7.56. The van der Waals surface area contributed by atoms with Crippen LogP contribution in [0.2, 0.25) is 5.02 Å². The molecule has 1 N–H and O–H groups in total. The van der Waals surface area contributed by atoms with Gasteiger partial charge in [0.25, 0.3) is 5.91 Å². The molecule has 0 unspecified atom stereocenters. The van der Waals surface area contributed by atoms with E-state index in [1.807, 2.05) is 0 Å². The van der Waals surface area contributed by atoms with Gasteiger partial charge in [0, 0.05) is 18.6 Å². The first-order valence-corrected chi connectivity index (χ1v) is 5.68. The highest BCUT2D eigenvalue weighted by atomic mass is 35.5. The van der Waals surface area contributed by atoms with E-state index in [1.54, 1.807) is 24.1 Å². The van der Waals surface area contributed by atoms with E-state index in [4.69, 9.17) is 11.6 Å². The molecule has 0 saturated heterocycles. The third-order valence-corrected chi connectivity index (χ3v) is 2.62. The summed E-state index contributed by atoms with van der Waals surface area (Å²) in [6.07, 6.45) is 1.99. The summed E-state index contributed by atoms with van der Waals surface area (Å²) in [5.41, 5.74) is 0.294. The third kappa shape index (κ3) is 3.14. The van der Waals surface area contributed by atoms with Crippen molar-refractivity contribution in [3.05, 3.63) is 28.8 Å². The number of halogens is 1. The fourth-order valence-electron chi connectivity index (χ4n) is 1.39. The SMILES string of the molecule is CCCCN(C)C(=O)c1ccc(Cl)cc1O. The van der Waals surface area contributed by atoms with Crippen LogP contribution in [0.4, 0.5) is 0 Å². The van der Waals surface area contributed by atoms with Crippen LogP contribution < -0.4 is 0 Å². The first kappa shape index (κ1) is 12.8. The molecular formula is C12H16ClNO2. The van der Waals surface area contributed by atoms with Crippen molar-refractivity contribution < 1.29 is 9.90 Å². The summed E-state index contributed by atoms with van der Waals surface area (Å²) in [6, 6.07) is 4.52. The van der Waals surface area contributed by atoms with Gasteiger partial charge in [-0.05, 0) is 24.6 Å². The lowest BCUT2D eigenvalue weighted by atomic mass is 10.1. The fraction of sp³-hybridized carbons (Fsp3) is 0.417. The zero-order valence-electron chi connectivity index (χ0n) is 9.53. The quantitative estimate of drug-likeness (QED) is 0.881. The molecule has 0 radical (unpaired) electrons. The largest absolute Gasteiger partial charge is 0.507 e. The van der Waals surface area contributed by atoms with Gasteiger partial charge < -0.3 is 10.0 Å². The van der Waals surface area contributed by atoms with E-state index < -0.39 is 0 Å². The van der Waals surface area contributed by atoms with E-state index in [0.29, 0.717) is 17.1 Å². The molecule has 88 valence electrons. The topological polar surface area (TPSA) is 40.5 Å². The average Bonchev–Trinajstić information content (AvgIpc) is 2.25. The summed E-state index contributed by atoms with van der Waals surface area (Å²) in [4.78, 5) is 13.5. The molecule has 0 bridgehead atoms. The zero-order valence-corrected chi connectivity index (χ0v) is 10.3. The summed E-state index contributed by atoms with van der Waals surface area (Å²) in [5, 5.41) is 10.0. The molecule has 0 aromatic heterocycles. The predicted molar refractivity (Wildman–Crippen MR) is 65.0 cm³/mol. The van der Waals surface area contributed by atoms with Gasteiger partial charge in [-0.25, -0.2) is 0 Å². The highest BCUT2D eigenvalue weighted by molar-refractivity contribution is 6.30. The highest BCUT2D eigenvalue weighted by Gasteiger charge is 2.15. The molecule has 3 nitrogen and oxygen atoms in total. The van der Waals surface area contributed by atoms with E-state index in [9.17, 15) is 9.90 Å². The first-order valence-electron chi connectivity index (χ1n) is 5.30. The van der Waals surface area contributed by atoms with Crippen LogP contribution in [0.15, 0.2) is 18.2 Å². The van der Waals surface area contributed by atoms with Crippen LogP contribution in [0, 0.1) is 0 Å². The number of benzene rings is 1. The lowest BCUT2D eigenvalue weighted by molar-refractivity contribution is 0.0790. The number of amides is 1. The van der Waals surface area contributed by atoms with Crippen LogP contribution in [0.25, 0.3) is 0 Å². The summed E-state index contributed by atoms with van der Waals surface area (Å²) in [6.45, 7) is 2.76. The van der Waals surface area contributed by atoms with Crippen molar-refractivity contribution >= 4 is 17.5 Å². The standard InChI is InChI=1S/C12H16ClNO2/c1-3-4-7-14(2)12(16)10-6-5-9(13)8-11(10)15/h5-6,8,15H,3-4,7H2,1-2H3. The van der Waals surface area contributed by atoms with E-state index >= 15 is 0 Å². The summed E-state index contributed by atoms with van der Waals surface area (Å²) < 4.78 is 0. The van der Waals surface area contributed by atoms with Crippen LogP contribution in [0.5, 0.6) is 5.75 Å². The van der Waals surface area contributed by atoms with Crippen molar-refractivity contribution in [2.24, 2.45) is 0 Å². The molecule has 0 spiro atoms. The molecule has 16 heavy (non-hydrogen) atoms. The maximum Gasteiger partial charge on any atom is 0.257 e. The van der Waals surface area contributed by atoms with Gasteiger partial charge in [-0.2, -0.15) is 0 Å². The Morgan fingerprint density at radius 2 is 2.19 bits per heavy atom. The number of aromatic hydroxyl groups is 1. The number of unbranched alkanes of at least 4 members (excludes halogenated alkanes) is 1. The van der Waals surface area contributed by atoms with Crippen LogP contribution in [-0.4, -0.2) is 29.5 Å². The molecule has 0 atom stereocenters. The predicted octanol–water partition coefficient (Wildman–Crippen LogP) is 2.92. The summed E-state index contributed by atoms with van der Waals surface area (Å²) >= 11 is 5.70. The van der Waals surface area contributed by atoms with Crippen molar-refractivity contribution in [1.29, 1.82) is 0 Å². The Kier molecular flexibility index (Phi) is 4.62. The molecule has 1 amide bonds. The van der Waals surface area contributed by atoms with E-state index in [0.717, 1.165) is 12.8 Å². The number of rotatable bonds is 4. The maximum atomic E-state index is 11.9. The van der Waals surface area contributed by atoms with Gasteiger partial charge in [0.1, 0.15) is 5.75 Å². The normalized spacial score (nSPS) is 10.2. The minimum absolute atomic E-state index is 0.0687. The Morgan fingerprint density at radius 3 is 2.75 bits per heavy atom. The smallest absolute Gasteiger partial charge is 0.257 e. The molecule has 0 aliphatic rings. The lowest BCUT2D eigenvalue weighted by Gasteiger charge is -2.17. The van der Waals surface area contributed by atoms with Gasteiger partial charge in [0.15, 0.2) is 0 Å². The van der Waals surface area contributed by atoms with Gasteiger partial charge >= 0.3 is 0 Å². The van der Waals surface area contributed by atoms with Crippen molar-refractivity contribution in [3.8, 4) is 5.75 Å². The third-order valence-electron chi connectivity index (χ3n) is 2.38. The zero-order chi connectivity index (χ0) is 12.1. The lowest BCUT2D eigenvalue weighted by Crippen LogP contribution is -2.27. The second kappa shape index (κ2) is 5.75. The van der Waals surface area contributed by atoms with E-state index in [2.05, 4.69) is 6.92 Å². The molecule has 0 fully saturated rings. The molecule has 1 aromatic rings. The van der Waals surface area contributed by atoms with Crippen molar-refractivity contribution in [2.75, 3.05) is 13.6 Å². The minimum Gasteiger partial charge on any atom is -0.507 e. The summed E-state index contributed by atoms with van der Waals surface area (Å²) in [7, 11) is 1.73. The van der Waals surface area contributed by atoms with Gasteiger partial charge in [0.2, 0.25) is 0 Å². The van der Waals surface area contributed by atoms with Crippen LogP contribution in [0.3, 0.4) is 0 Å². The Balaban J connectivity index is 2.79. The van der Waals surface area contributed by atoms with Crippen molar-refractivity contribution in [2.45, 2.75) is 19.8 Å². The molecule has 0 aliphatic carbocycles. The number of hydrogen-bond donors (Lipinski definition) is 1. The minimum atomic E-state index is -0.178. The average molecular weight is 242 g/mol. The number of hydrogen-bond acceptors (Lipinski definition) is 2. The molecule has 0 heterocycles. The summed E-state index contributed by atoms with van der Waals surface area (Å²) in [5.74, 6) is -0.247. The Bertz CT molecular complexity index is 379. The van der Waals surface area contributed by atoms with Gasteiger partial charge in [-0.15, -0.1) is 0 Å². The van der Waals surface area contributed by atoms with Gasteiger partial charge in [-0.3, -0.25) is 4.79 Å². The second-order valence-electron chi connectivity index (χ2n) is 3.74. The molecular weight excluding hydrogens is 226 g/mol. The van der Waals surface area contributed by atoms with Gasteiger partial charge in [-0.1, -0.05) is 24.9 Å². The number of carbonyl (C=O) groups excluding carboxylic acids is 1. The number of phenolic OH excluding ortho intramolecular Hbond substituents is 1. The van der Waals surface area contributed by atoms with Crippen LogP contribution in [0.1, 0.15) is 30.1 Å². The monoisotopic (exact) mass is 241 g/mol.